The van der Waals surface area contributed by atoms with Gasteiger partial charge in [-0.1, -0.05) is 0 Å². The molecule has 5 nitrogen and oxygen atoms in total. The number of carbonyl (C=O) groups is 2. The molecule has 1 aliphatic heterocycles. The fraction of sp³-hybridized carbons (Fsp3) is 0.400. The van der Waals surface area contributed by atoms with E-state index >= 15 is 0 Å². The zero-order valence-corrected chi connectivity index (χ0v) is 15.6. The van der Waals surface area contributed by atoms with Crippen molar-refractivity contribution in [2.75, 3.05) is 18.6 Å². The molecule has 136 valence electrons. The fourth-order valence-electron chi connectivity index (χ4n) is 3.76. The number of carbonyl (C=O) groups excluding carboxylic acids is 2. The molecule has 0 bridgehead atoms. The molecule has 1 aromatic carbocycles. The quantitative estimate of drug-likeness (QED) is 0.899. The van der Waals surface area contributed by atoms with Crippen molar-refractivity contribution in [1.82, 2.24) is 5.32 Å². The van der Waals surface area contributed by atoms with Gasteiger partial charge in [0.15, 0.2) is 0 Å². The van der Waals surface area contributed by atoms with Crippen LogP contribution >= 0.6 is 11.3 Å². The second-order valence-electron chi connectivity index (χ2n) is 6.84. The third-order valence-corrected chi connectivity index (χ3v) is 6.24. The van der Waals surface area contributed by atoms with Gasteiger partial charge in [0, 0.05) is 28.9 Å². The highest BCUT2D eigenvalue weighted by Crippen LogP contribution is 2.30. The van der Waals surface area contributed by atoms with Gasteiger partial charge >= 0.3 is 0 Å². The van der Waals surface area contributed by atoms with E-state index in [1.807, 2.05) is 29.6 Å². The lowest BCUT2D eigenvalue weighted by Gasteiger charge is -2.18. The summed E-state index contributed by atoms with van der Waals surface area (Å²) in [6, 6.07) is 7.27. The number of nitrogens with zero attached hydrogens (tertiary/aromatic N) is 1. The Bertz CT molecular complexity index is 828. The third-order valence-electron chi connectivity index (χ3n) is 5.15. The number of benzene rings is 1. The van der Waals surface area contributed by atoms with Crippen molar-refractivity contribution in [3.8, 4) is 5.75 Å². The van der Waals surface area contributed by atoms with Gasteiger partial charge in [0.05, 0.1) is 18.7 Å². The average molecular weight is 370 g/mol. The maximum atomic E-state index is 12.7. The van der Waals surface area contributed by atoms with Gasteiger partial charge in [-0.25, -0.2) is 0 Å². The summed E-state index contributed by atoms with van der Waals surface area (Å²) in [5, 5.41) is 5.04. The van der Waals surface area contributed by atoms with E-state index in [2.05, 4.69) is 5.32 Å². The average Bonchev–Trinajstić information content (AvgIpc) is 3.25. The van der Waals surface area contributed by atoms with Crippen LogP contribution in [-0.2, 0) is 17.6 Å². The Labute approximate surface area is 157 Å². The molecule has 2 aromatic rings. The minimum atomic E-state index is -0.156. The lowest BCUT2D eigenvalue weighted by molar-refractivity contribution is -0.117. The van der Waals surface area contributed by atoms with Crippen LogP contribution in [0, 0.1) is 0 Å². The SMILES string of the molecule is COc1ccc(N2C[C@H](NC(=O)c3csc4c3CCCC4)CC2=O)cc1. The molecule has 0 unspecified atom stereocenters. The number of hydrogen-bond acceptors (Lipinski definition) is 4. The number of aryl methyl sites for hydroxylation is 1. The number of ether oxygens (including phenoxy) is 1. The van der Waals surface area contributed by atoms with E-state index in [1.54, 1.807) is 23.3 Å². The van der Waals surface area contributed by atoms with E-state index in [0.29, 0.717) is 13.0 Å². The molecule has 2 aliphatic rings. The van der Waals surface area contributed by atoms with Crippen molar-refractivity contribution in [2.45, 2.75) is 38.1 Å². The van der Waals surface area contributed by atoms with Crippen LogP contribution in [-0.4, -0.2) is 31.5 Å². The highest BCUT2D eigenvalue weighted by atomic mass is 32.1. The zero-order chi connectivity index (χ0) is 18.1. The van der Waals surface area contributed by atoms with Gasteiger partial charge in [-0.15, -0.1) is 11.3 Å². The number of fused-ring (bicyclic) bond motifs is 1. The summed E-state index contributed by atoms with van der Waals surface area (Å²) in [6.07, 6.45) is 4.77. The molecule has 1 N–H and O–H groups in total. The van der Waals surface area contributed by atoms with Gasteiger partial charge in [-0.3, -0.25) is 9.59 Å². The maximum absolute atomic E-state index is 12.7. The van der Waals surface area contributed by atoms with Crippen molar-refractivity contribution >= 4 is 28.8 Å². The lowest BCUT2D eigenvalue weighted by atomic mass is 9.95. The fourth-order valence-corrected chi connectivity index (χ4v) is 4.89. The summed E-state index contributed by atoms with van der Waals surface area (Å²) in [4.78, 5) is 28.2. The second kappa shape index (κ2) is 7.11. The number of methoxy groups -OCH3 is 1. The van der Waals surface area contributed by atoms with Crippen LogP contribution in [0.15, 0.2) is 29.6 Å². The van der Waals surface area contributed by atoms with E-state index in [4.69, 9.17) is 4.74 Å². The minimum Gasteiger partial charge on any atom is -0.497 e. The van der Waals surface area contributed by atoms with Crippen molar-refractivity contribution in [2.24, 2.45) is 0 Å². The number of amides is 2. The molecule has 0 saturated carbocycles. The molecule has 2 amide bonds. The summed E-state index contributed by atoms with van der Waals surface area (Å²) in [5.41, 5.74) is 2.86. The summed E-state index contributed by atoms with van der Waals surface area (Å²) in [5.74, 6) is 0.749. The summed E-state index contributed by atoms with van der Waals surface area (Å²) >= 11 is 1.69. The Morgan fingerprint density at radius 1 is 1.23 bits per heavy atom. The zero-order valence-electron chi connectivity index (χ0n) is 14.8. The smallest absolute Gasteiger partial charge is 0.252 e. The van der Waals surface area contributed by atoms with Crippen molar-refractivity contribution in [3.63, 3.8) is 0 Å². The molecule has 1 aliphatic carbocycles. The van der Waals surface area contributed by atoms with Gasteiger partial charge in [0.25, 0.3) is 5.91 Å². The molecular weight excluding hydrogens is 348 g/mol. The highest BCUT2D eigenvalue weighted by molar-refractivity contribution is 7.10. The van der Waals surface area contributed by atoms with Gasteiger partial charge in [-0.2, -0.15) is 0 Å². The third kappa shape index (κ3) is 3.21. The van der Waals surface area contributed by atoms with Gasteiger partial charge < -0.3 is 15.0 Å². The molecule has 0 radical (unpaired) electrons. The Balaban J connectivity index is 1.44. The molecule has 1 aromatic heterocycles. The largest absolute Gasteiger partial charge is 0.497 e. The molecule has 1 fully saturated rings. The number of thiophene rings is 1. The molecule has 1 saturated heterocycles. The van der Waals surface area contributed by atoms with Crippen LogP contribution in [0.3, 0.4) is 0 Å². The lowest BCUT2D eigenvalue weighted by Crippen LogP contribution is -2.37. The first-order chi connectivity index (χ1) is 12.7. The van der Waals surface area contributed by atoms with Crippen LogP contribution in [0.25, 0.3) is 0 Å². The van der Waals surface area contributed by atoms with E-state index < -0.39 is 0 Å². The van der Waals surface area contributed by atoms with Gasteiger partial charge in [-0.05, 0) is 55.5 Å². The van der Waals surface area contributed by atoms with Crippen molar-refractivity contribution in [3.05, 3.63) is 45.6 Å². The Morgan fingerprint density at radius 2 is 2.00 bits per heavy atom. The Morgan fingerprint density at radius 3 is 2.77 bits per heavy atom. The minimum absolute atomic E-state index is 0.0350. The topological polar surface area (TPSA) is 58.6 Å². The number of hydrogen-bond donors (Lipinski definition) is 1. The van der Waals surface area contributed by atoms with Crippen LogP contribution in [0.2, 0.25) is 0 Å². The summed E-state index contributed by atoms with van der Waals surface area (Å²) < 4.78 is 5.16. The molecule has 0 spiro atoms. The number of rotatable bonds is 4. The first-order valence-corrected chi connectivity index (χ1v) is 9.88. The molecule has 1 atom stereocenters. The molecule has 26 heavy (non-hydrogen) atoms. The predicted molar refractivity (Wildman–Crippen MR) is 102 cm³/mol. The van der Waals surface area contributed by atoms with Gasteiger partial charge in [0.1, 0.15) is 5.75 Å². The first kappa shape index (κ1) is 17.1. The van der Waals surface area contributed by atoms with E-state index in [9.17, 15) is 9.59 Å². The highest BCUT2D eigenvalue weighted by Gasteiger charge is 2.32. The summed E-state index contributed by atoms with van der Waals surface area (Å²) in [6.45, 7) is 0.503. The molecule has 6 heteroatoms. The van der Waals surface area contributed by atoms with E-state index in [0.717, 1.165) is 36.3 Å². The molecular formula is C20H22N2O3S. The van der Waals surface area contributed by atoms with Crippen LogP contribution in [0.4, 0.5) is 5.69 Å². The van der Waals surface area contributed by atoms with Crippen molar-refractivity contribution < 1.29 is 14.3 Å². The maximum Gasteiger partial charge on any atom is 0.252 e. The predicted octanol–water partition coefficient (Wildman–Crippen LogP) is 3.17. The monoisotopic (exact) mass is 370 g/mol. The summed E-state index contributed by atoms with van der Waals surface area (Å²) in [7, 11) is 1.62. The standard InChI is InChI=1S/C20H22N2O3S/c1-25-15-8-6-14(7-9-15)22-11-13(10-19(22)23)21-20(24)17-12-26-18-5-3-2-4-16(17)18/h6-9,12-13H,2-5,10-11H2,1H3,(H,21,24)/t13-/m1/s1. The van der Waals surface area contributed by atoms with Crippen LogP contribution in [0.1, 0.15) is 40.1 Å². The number of anilines is 1. The second-order valence-corrected chi connectivity index (χ2v) is 7.80. The van der Waals surface area contributed by atoms with Crippen LogP contribution < -0.4 is 15.0 Å². The Hall–Kier alpha value is -2.34. The van der Waals surface area contributed by atoms with Crippen molar-refractivity contribution in [1.29, 1.82) is 0 Å². The molecule has 4 rings (SSSR count). The van der Waals surface area contributed by atoms with E-state index in [-0.39, 0.29) is 17.9 Å². The molecule has 2 heterocycles. The van der Waals surface area contributed by atoms with E-state index in [1.165, 1.54) is 16.9 Å². The normalized spacial score (nSPS) is 19.3. The van der Waals surface area contributed by atoms with Gasteiger partial charge in [0.2, 0.25) is 5.91 Å². The Kier molecular flexibility index (Phi) is 4.68. The van der Waals surface area contributed by atoms with Crippen LogP contribution in [0.5, 0.6) is 5.75 Å². The number of nitrogens with one attached hydrogen (secondary N) is 1. The first-order valence-electron chi connectivity index (χ1n) is 9.00.